The third kappa shape index (κ3) is 2.34. The molecule has 0 spiro atoms. The summed E-state index contributed by atoms with van der Waals surface area (Å²) < 4.78 is 0. The molecular formula is C11H16N4. The number of anilines is 2. The van der Waals surface area contributed by atoms with E-state index < -0.39 is 0 Å². The average molecular weight is 204 g/mol. The summed E-state index contributed by atoms with van der Waals surface area (Å²) in [5.41, 5.74) is 13.1. The summed E-state index contributed by atoms with van der Waals surface area (Å²) in [6, 6.07) is 5.81. The van der Waals surface area contributed by atoms with Crippen LogP contribution in [0.1, 0.15) is 19.4 Å². The third-order valence-corrected chi connectivity index (χ3v) is 1.90. The zero-order chi connectivity index (χ0) is 11.4. The maximum atomic E-state index is 5.68. The van der Waals surface area contributed by atoms with Gasteiger partial charge in [0.1, 0.15) is 5.82 Å². The number of aromatic nitrogens is 2. The Morgan fingerprint density at radius 2 is 1.73 bits per heavy atom. The summed E-state index contributed by atoms with van der Waals surface area (Å²) in [7, 11) is 0. The summed E-state index contributed by atoms with van der Waals surface area (Å²) >= 11 is 0. The molecule has 4 heteroatoms. The molecule has 1 heterocycles. The van der Waals surface area contributed by atoms with Gasteiger partial charge in [0.05, 0.1) is 5.52 Å². The average Bonchev–Trinajstić information content (AvgIpc) is 2.19. The lowest BCUT2D eigenvalue weighted by atomic mass is 10.2. The number of fused-ring (bicyclic) bond motifs is 1. The van der Waals surface area contributed by atoms with Crippen molar-refractivity contribution in [3.05, 3.63) is 23.8 Å². The summed E-state index contributed by atoms with van der Waals surface area (Å²) in [5.74, 6) is 0.651. The number of hydrogen-bond donors (Lipinski definition) is 2. The molecule has 1 aromatic heterocycles. The minimum Gasteiger partial charge on any atom is -0.383 e. The van der Waals surface area contributed by atoms with Crippen LogP contribution in [-0.4, -0.2) is 9.97 Å². The van der Waals surface area contributed by atoms with E-state index in [9.17, 15) is 0 Å². The van der Waals surface area contributed by atoms with Gasteiger partial charge in [-0.2, -0.15) is 4.98 Å². The maximum absolute atomic E-state index is 5.68. The standard InChI is InChI=1S/C9H10N4.C2H6/c1-5-2-3-6-7(4-5)12-9(11)13-8(6)10;1-2/h2-4H,1H3,(H4,10,11,12,13);1-2H3. The van der Waals surface area contributed by atoms with Crippen LogP contribution < -0.4 is 11.5 Å². The molecule has 0 saturated heterocycles. The van der Waals surface area contributed by atoms with Crippen molar-refractivity contribution in [2.75, 3.05) is 11.5 Å². The first-order valence-corrected chi connectivity index (χ1v) is 4.96. The summed E-state index contributed by atoms with van der Waals surface area (Å²) in [6.07, 6.45) is 0. The molecule has 4 N–H and O–H groups in total. The molecule has 0 bridgehead atoms. The SMILES string of the molecule is CC.Cc1ccc2c(N)nc(N)nc2c1. The van der Waals surface area contributed by atoms with Crippen molar-refractivity contribution >= 4 is 22.7 Å². The van der Waals surface area contributed by atoms with E-state index in [2.05, 4.69) is 9.97 Å². The monoisotopic (exact) mass is 204 g/mol. The molecule has 0 aliphatic carbocycles. The number of rotatable bonds is 0. The highest BCUT2D eigenvalue weighted by atomic mass is 15.0. The van der Waals surface area contributed by atoms with Crippen LogP contribution in [0.25, 0.3) is 10.9 Å². The van der Waals surface area contributed by atoms with Crippen LogP contribution in [0.4, 0.5) is 11.8 Å². The highest BCUT2D eigenvalue weighted by Gasteiger charge is 2.01. The maximum Gasteiger partial charge on any atom is 0.222 e. The Morgan fingerprint density at radius 1 is 1.07 bits per heavy atom. The summed E-state index contributed by atoms with van der Waals surface area (Å²) in [5, 5.41) is 0.847. The van der Waals surface area contributed by atoms with Crippen LogP contribution in [0, 0.1) is 6.92 Å². The molecule has 0 fully saturated rings. The number of hydrogen-bond acceptors (Lipinski definition) is 4. The van der Waals surface area contributed by atoms with Crippen molar-refractivity contribution in [2.24, 2.45) is 0 Å². The number of nitrogens with zero attached hydrogens (tertiary/aromatic N) is 2. The summed E-state index contributed by atoms with van der Waals surface area (Å²) in [6.45, 7) is 5.99. The van der Waals surface area contributed by atoms with Gasteiger partial charge in [0, 0.05) is 5.39 Å². The molecule has 0 amide bonds. The van der Waals surface area contributed by atoms with Crippen LogP contribution in [0.5, 0.6) is 0 Å². The molecule has 0 saturated carbocycles. The summed E-state index contributed by atoms with van der Waals surface area (Å²) in [4.78, 5) is 7.96. The Labute approximate surface area is 89.3 Å². The fourth-order valence-corrected chi connectivity index (χ4v) is 1.28. The van der Waals surface area contributed by atoms with Gasteiger partial charge in [-0.3, -0.25) is 0 Å². The van der Waals surface area contributed by atoms with E-state index in [1.165, 1.54) is 0 Å². The number of benzene rings is 1. The predicted molar refractivity (Wildman–Crippen MR) is 64.4 cm³/mol. The van der Waals surface area contributed by atoms with Crippen LogP contribution >= 0.6 is 0 Å². The normalized spacial score (nSPS) is 9.53. The predicted octanol–water partition coefficient (Wildman–Crippen LogP) is 2.13. The smallest absolute Gasteiger partial charge is 0.222 e. The van der Waals surface area contributed by atoms with Gasteiger partial charge >= 0.3 is 0 Å². The zero-order valence-corrected chi connectivity index (χ0v) is 9.28. The van der Waals surface area contributed by atoms with Crippen molar-refractivity contribution < 1.29 is 0 Å². The van der Waals surface area contributed by atoms with Crippen LogP contribution in [-0.2, 0) is 0 Å². The fourth-order valence-electron chi connectivity index (χ4n) is 1.28. The van der Waals surface area contributed by atoms with E-state index in [0.29, 0.717) is 5.82 Å². The van der Waals surface area contributed by atoms with Gasteiger partial charge in [0.15, 0.2) is 0 Å². The van der Waals surface area contributed by atoms with Gasteiger partial charge in [0.25, 0.3) is 0 Å². The largest absolute Gasteiger partial charge is 0.383 e. The van der Waals surface area contributed by atoms with E-state index in [0.717, 1.165) is 16.5 Å². The second-order valence-corrected chi connectivity index (χ2v) is 2.99. The zero-order valence-electron chi connectivity index (χ0n) is 9.28. The Bertz CT molecular complexity index is 460. The lowest BCUT2D eigenvalue weighted by molar-refractivity contribution is 1.24. The van der Waals surface area contributed by atoms with Crippen molar-refractivity contribution in [3.8, 4) is 0 Å². The van der Waals surface area contributed by atoms with Gasteiger partial charge < -0.3 is 11.5 Å². The molecule has 1 aromatic carbocycles. The van der Waals surface area contributed by atoms with Crippen molar-refractivity contribution in [1.82, 2.24) is 9.97 Å². The van der Waals surface area contributed by atoms with Gasteiger partial charge in [0.2, 0.25) is 5.95 Å². The van der Waals surface area contributed by atoms with E-state index >= 15 is 0 Å². The van der Waals surface area contributed by atoms with Crippen LogP contribution in [0.15, 0.2) is 18.2 Å². The van der Waals surface area contributed by atoms with Crippen LogP contribution in [0.2, 0.25) is 0 Å². The second kappa shape index (κ2) is 4.59. The third-order valence-electron chi connectivity index (χ3n) is 1.90. The minimum atomic E-state index is 0.218. The van der Waals surface area contributed by atoms with Crippen molar-refractivity contribution in [1.29, 1.82) is 0 Å². The topological polar surface area (TPSA) is 77.8 Å². The Balaban J connectivity index is 0.000000531. The van der Waals surface area contributed by atoms with Gasteiger partial charge in [-0.25, -0.2) is 4.98 Å². The lowest BCUT2D eigenvalue weighted by Gasteiger charge is -2.02. The van der Waals surface area contributed by atoms with Gasteiger partial charge in [-0.05, 0) is 24.6 Å². The molecule has 2 rings (SSSR count). The van der Waals surface area contributed by atoms with E-state index in [1.807, 2.05) is 39.0 Å². The first-order valence-electron chi connectivity index (χ1n) is 4.96. The molecule has 80 valence electrons. The first kappa shape index (κ1) is 11.2. The Kier molecular flexibility index (Phi) is 3.44. The highest BCUT2D eigenvalue weighted by Crippen LogP contribution is 2.19. The van der Waals surface area contributed by atoms with E-state index in [1.54, 1.807) is 0 Å². The van der Waals surface area contributed by atoms with E-state index in [4.69, 9.17) is 11.5 Å². The molecule has 2 aromatic rings. The van der Waals surface area contributed by atoms with Crippen molar-refractivity contribution in [3.63, 3.8) is 0 Å². The minimum absolute atomic E-state index is 0.218. The highest BCUT2D eigenvalue weighted by molar-refractivity contribution is 5.89. The molecular weight excluding hydrogens is 188 g/mol. The van der Waals surface area contributed by atoms with Crippen molar-refractivity contribution in [2.45, 2.75) is 20.8 Å². The molecule has 0 atom stereocenters. The lowest BCUT2D eigenvalue weighted by Crippen LogP contribution is -2.00. The molecule has 0 unspecified atom stereocenters. The van der Waals surface area contributed by atoms with Gasteiger partial charge in [-0.1, -0.05) is 19.9 Å². The number of nitrogen functional groups attached to an aromatic ring is 2. The fraction of sp³-hybridized carbons (Fsp3) is 0.273. The molecule has 15 heavy (non-hydrogen) atoms. The number of aryl methyl sites for hydroxylation is 1. The quantitative estimate of drug-likeness (QED) is 0.689. The molecule has 0 radical (unpaired) electrons. The molecule has 4 nitrogen and oxygen atoms in total. The number of nitrogens with two attached hydrogens (primary N) is 2. The Morgan fingerprint density at radius 3 is 2.40 bits per heavy atom. The first-order chi connectivity index (χ1) is 7.16. The molecule has 0 aliphatic rings. The Hall–Kier alpha value is -1.84. The molecule has 0 aliphatic heterocycles. The second-order valence-electron chi connectivity index (χ2n) is 2.99. The van der Waals surface area contributed by atoms with E-state index in [-0.39, 0.29) is 5.95 Å². The van der Waals surface area contributed by atoms with Crippen LogP contribution in [0.3, 0.4) is 0 Å². The van der Waals surface area contributed by atoms with Gasteiger partial charge in [-0.15, -0.1) is 0 Å².